The minimum absolute atomic E-state index is 0.189. The van der Waals surface area contributed by atoms with Gasteiger partial charge in [0.05, 0.1) is 11.5 Å². The van der Waals surface area contributed by atoms with Gasteiger partial charge in [0.25, 0.3) is 5.91 Å². The highest BCUT2D eigenvalue weighted by Crippen LogP contribution is 2.19. The van der Waals surface area contributed by atoms with Crippen molar-refractivity contribution < 1.29 is 17.9 Å². The number of rotatable bonds is 9. The zero-order valence-electron chi connectivity index (χ0n) is 16.9. The van der Waals surface area contributed by atoms with E-state index < -0.39 is 10.0 Å². The molecule has 0 spiro atoms. The topological polar surface area (TPSA) is 75.7 Å². The number of hydrogen-bond donors (Lipinski definition) is 1. The van der Waals surface area contributed by atoms with Gasteiger partial charge in [-0.3, -0.25) is 4.79 Å². The predicted octanol–water partition coefficient (Wildman–Crippen LogP) is 3.35. The maximum atomic E-state index is 12.5. The molecule has 28 heavy (non-hydrogen) atoms. The van der Waals surface area contributed by atoms with Gasteiger partial charge in [-0.2, -0.15) is 4.31 Å². The molecule has 0 atom stereocenters. The molecule has 1 amide bonds. The van der Waals surface area contributed by atoms with Crippen molar-refractivity contribution in [2.75, 3.05) is 19.7 Å². The summed E-state index contributed by atoms with van der Waals surface area (Å²) in [4.78, 5) is 12.6. The van der Waals surface area contributed by atoms with Gasteiger partial charge in [-0.15, -0.1) is 0 Å². The van der Waals surface area contributed by atoms with Gasteiger partial charge in [0.15, 0.2) is 0 Å². The molecule has 0 saturated heterocycles. The van der Waals surface area contributed by atoms with Crippen LogP contribution in [0, 0.1) is 6.92 Å². The number of benzene rings is 2. The number of aryl methyl sites for hydroxylation is 1. The lowest BCUT2D eigenvalue weighted by Crippen LogP contribution is -2.30. The fraction of sp³-hybridized carbons (Fsp3) is 0.381. The summed E-state index contributed by atoms with van der Waals surface area (Å²) in [5.74, 6) is 0.579. The van der Waals surface area contributed by atoms with E-state index in [2.05, 4.69) is 5.32 Å². The van der Waals surface area contributed by atoms with Crippen molar-refractivity contribution in [3.05, 3.63) is 59.2 Å². The van der Waals surface area contributed by atoms with E-state index in [0.29, 0.717) is 31.8 Å². The van der Waals surface area contributed by atoms with Crippen molar-refractivity contribution in [1.29, 1.82) is 0 Å². The quantitative estimate of drug-likeness (QED) is 0.695. The third kappa shape index (κ3) is 5.11. The molecule has 0 unspecified atom stereocenters. The number of nitrogens with zero attached hydrogens (tertiary/aromatic N) is 1. The van der Waals surface area contributed by atoms with Crippen LogP contribution in [-0.4, -0.2) is 38.3 Å². The molecular weight excluding hydrogens is 376 g/mol. The van der Waals surface area contributed by atoms with Crippen LogP contribution >= 0.6 is 0 Å². The molecule has 0 aliphatic rings. The van der Waals surface area contributed by atoms with Crippen LogP contribution in [0.15, 0.2) is 47.4 Å². The Morgan fingerprint density at radius 2 is 1.68 bits per heavy atom. The van der Waals surface area contributed by atoms with E-state index in [-0.39, 0.29) is 10.8 Å². The van der Waals surface area contributed by atoms with Crippen molar-refractivity contribution in [3.8, 4) is 5.75 Å². The monoisotopic (exact) mass is 404 g/mol. The molecule has 0 aliphatic carbocycles. The Bertz CT molecular complexity index is 905. The Balaban J connectivity index is 2.03. The molecule has 0 aliphatic heterocycles. The number of carbonyl (C=O) groups is 1. The first kappa shape index (κ1) is 21.9. The smallest absolute Gasteiger partial charge is 0.251 e. The maximum absolute atomic E-state index is 12.5. The largest absolute Gasteiger partial charge is 0.494 e. The van der Waals surface area contributed by atoms with Gasteiger partial charge < -0.3 is 10.1 Å². The first-order chi connectivity index (χ1) is 13.3. The molecule has 2 aromatic carbocycles. The summed E-state index contributed by atoms with van der Waals surface area (Å²) in [5.41, 5.74) is 2.29. The Morgan fingerprint density at radius 3 is 2.21 bits per heavy atom. The lowest BCUT2D eigenvalue weighted by Gasteiger charge is -2.18. The van der Waals surface area contributed by atoms with E-state index in [9.17, 15) is 13.2 Å². The molecule has 6 nitrogen and oxygen atoms in total. The number of sulfonamides is 1. The SMILES string of the molecule is CCOc1ccc(C(=O)NCc2ccc(S(=O)(=O)N(CC)CC)cc2)cc1C. The van der Waals surface area contributed by atoms with Gasteiger partial charge in [0, 0.05) is 25.2 Å². The molecular formula is C21H28N2O4S. The number of nitrogens with one attached hydrogen (secondary N) is 1. The molecule has 7 heteroatoms. The van der Waals surface area contributed by atoms with Crippen molar-refractivity contribution in [2.45, 2.75) is 39.1 Å². The van der Waals surface area contributed by atoms with Gasteiger partial charge in [-0.05, 0) is 55.3 Å². The molecule has 0 fully saturated rings. The Labute approximate surface area is 167 Å². The number of hydrogen-bond acceptors (Lipinski definition) is 4. The Kier molecular flexibility index (Phi) is 7.60. The fourth-order valence-corrected chi connectivity index (χ4v) is 4.34. The van der Waals surface area contributed by atoms with E-state index in [1.54, 1.807) is 42.5 Å². The second kappa shape index (κ2) is 9.71. The second-order valence-corrected chi connectivity index (χ2v) is 8.27. The summed E-state index contributed by atoms with van der Waals surface area (Å²) in [6, 6.07) is 11.9. The lowest BCUT2D eigenvalue weighted by molar-refractivity contribution is 0.0950. The van der Waals surface area contributed by atoms with Crippen LogP contribution in [0.2, 0.25) is 0 Å². The van der Waals surface area contributed by atoms with Crippen molar-refractivity contribution >= 4 is 15.9 Å². The average Bonchev–Trinajstić information content (AvgIpc) is 2.69. The Hall–Kier alpha value is -2.38. The number of carbonyl (C=O) groups excluding carboxylic acids is 1. The highest BCUT2D eigenvalue weighted by Gasteiger charge is 2.21. The zero-order chi connectivity index (χ0) is 20.7. The molecule has 2 rings (SSSR count). The summed E-state index contributed by atoms with van der Waals surface area (Å²) in [6.07, 6.45) is 0. The van der Waals surface area contributed by atoms with Gasteiger partial charge in [0.2, 0.25) is 10.0 Å². The van der Waals surface area contributed by atoms with E-state index >= 15 is 0 Å². The van der Waals surface area contributed by atoms with Crippen LogP contribution in [0.1, 0.15) is 42.3 Å². The van der Waals surface area contributed by atoms with Gasteiger partial charge in [-0.1, -0.05) is 26.0 Å². The van der Waals surface area contributed by atoms with Crippen LogP contribution in [0.4, 0.5) is 0 Å². The first-order valence-electron chi connectivity index (χ1n) is 9.44. The average molecular weight is 405 g/mol. The normalized spacial score (nSPS) is 11.5. The summed E-state index contributed by atoms with van der Waals surface area (Å²) < 4.78 is 31.9. The lowest BCUT2D eigenvalue weighted by atomic mass is 10.1. The fourth-order valence-electron chi connectivity index (χ4n) is 2.88. The van der Waals surface area contributed by atoms with E-state index in [0.717, 1.165) is 16.9 Å². The molecule has 2 aromatic rings. The zero-order valence-corrected chi connectivity index (χ0v) is 17.7. The molecule has 0 radical (unpaired) electrons. The third-order valence-corrected chi connectivity index (χ3v) is 6.52. The van der Waals surface area contributed by atoms with Gasteiger partial charge in [0.1, 0.15) is 5.75 Å². The predicted molar refractivity (Wildman–Crippen MR) is 110 cm³/mol. The van der Waals surface area contributed by atoms with Crippen molar-refractivity contribution in [1.82, 2.24) is 9.62 Å². The molecule has 0 heterocycles. The minimum atomic E-state index is -3.47. The van der Waals surface area contributed by atoms with Crippen LogP contribution in [0.5, 0.6) is 5.75 Å². The summed E-state index contributed by atoms with van der Waals surface area (Å²) in [5, 5.41) is 2.86. The van der Waals surface area contributed by atoms with Crippen LogP contribution in [0.3, 0.4) is 0 Å². The highest BCUT2D eigenvalue weighted by atomic mass is 32.2. The Morgan fingerprint density at radius 1 is 1.04 bits per heavy atom. The molecule has 0 bridgehead atoms. The summed E-state index contributed by atoms with van der Waals surface area (Å²) >= 11 is 0. The van der Waals surface area contributed by atoms with Crippen LogP contribution < -0.4 is 10.1 Å². The summed E-state index contributed by atoms with van der Waals surface area (Å²) in [6.45, 7) is 9.19. The van der Waals surface area contributed by atoms with Crippen molar-refractivity contribution in [3.63, 3.8) is 0 Å². The van der Waals surface area contributed by atoms with E-state index in [4.69, 9.17) is 4.74 Å². The molecule has 1 N–H and O–H groups in total. The van der Waals surface area contributed by atoms with E-state index in [1.165, 1.54) is 4.31 Å². The molecule has 0 aromatic heterocycles. The standard InChI is InChI=1S/C21H28N2O4S/c1-5-23(6-2)28(25,26)19-11-8-17(9-12-19)15-22-21(24)18-10-13-20(27-7-3)16(4)14-18/h8-14H,5-7,15H2,1-4H3,(H,22,24). The van der Waals surface area contributed by atoms with Gasteiger partial charge in [-0.25, -0.2) is 8.42 Å². The van der Waals surface area contributed by atoms with Crippen LogP contribution in [-0.2, 0) is 16.6 Å². The van der Waals surface area contributed by atoms with Crippen LogP contribution in [0.25, 0.3) is 0 Å². The van der Waals surface area contributed by atoms with Gasteiger partial charge >= 0.3 is 0 Å². The van der Waals surface area contributed by atoms with Crippen molar-refractivity contribution in [2.24, 2.45) is 0 Å². The number of ether oxygens (including phenoxy) is 1. The molecule has 152 valence electrons. The molecule has 0 saturated carbocycles. The second-order valence-electron chi connectivity index (χ2n) is 6.33. The maximum Gasteiger partial charge on any atom is 0.251 e. The highest BCUT2D eigenvalue weighted by molar-refractivity contribution is 7.89. The minimum Gasteiger partial charge on any atom is -0.494 e. The number of amides is 1. The summed E-state index contributed by atoms with van der Waals surface area (Å²) in [7, 11) is -3.47. The first-order valence-corrected chi connectivity index (χ1v) is 10.9. The van der Waals surface area contributed by atoms with E-state index in [1.807, 2.05) is 27.7 Å². The third-order valence-electron chi connectivity index (χ3n) is 4.46.